The summed E-state index contributed by atoms with van der Waals surface area (Å²) in [6.45, 7) is 0. The molecule has 1 N–H and O–H groups in total. The van der Waals surface area contributed by atoms with E-state index < -0.39 is 29.3 Å². The summed E-state index contributed by atoms with van der Waals surface area (Å²) in [5, 5.41) is 13.4. The molecule has 5 rings (SSSR count). The Kier molecular flexibility index (Phi) is 4.22. The van der Waals surface area contributed by atoms with Crippen LogP contribution in [0.4, 0.5) is 9.52 Å². The second-order valence-electron chi connectivity index (χ2n) is 6.68. The molecule has 0 spiro atoms. The van der Waals surface area contributed by atoms with Gasteiger partial charge in [-0.1, -0.05) is 30.3 Å². The van der Waals surface area contributed by atoms with Gasteiger partial charge in [-0.05, 0) is 29.8 Å². The van der Waals surface area contributed by atoms with Gasteiger partial charge < -0.3 is 9.52 Å². The molecule has 1 amide bonds. The average molecular weight is 420 g/mol. The molecule has 6 nitrogen and oxygen atoms in total. The SMILES string of the molecule is O=C(C1=C(O)C(=O)N(c2nccs2)[C@H]1c1ccc(F)cc1)c1cc2ccccc2o1. The first-order chi connectivity index (χ1) is 14.5. The number of aliphatic hydroxyl groups is 1. The number of furan rings is 1. The van der Waals surface area contributed by atoms with E-state index in [1.54, 1.807) is 29.6 Å². The van der Waals surface area contributed by atoms with E-state index in [0.29, 0.717) is 16.3 Å². The van der Waals surface area contributed by atoms with Crippen LogP contribution in [-0.2, 0) is 4.79 Å². The van der Waals surface area contributed by atoms with Gasteiger partial charge in [-0.25, -0.2) is 9.37 Å². The fourth-order valence-electron chi connectivity index (χ4n) is 3.56. The summed E-state index contributed by atoms with van der Waals surface area (Å²) in [6.07, 6.45) is 1.52. The van der Waals surface area contributed by atoms with Gasteiger partial charge in [0.15, 0.2) is 16.7 Å². The molecule has 0 saturated heterocycles. The van der Waals surface area contributed by atoms with Gasteiger partial charge in [-0.3, -0.25) is 14.5 Å². The maximum atomic E-state index is 13.5. The summed E-state index contributed by atoms with van der Waals surface area (Å²) in [4.78, 5) is 31.7. The van der Waals surface area contributed by atoms with Gasteiger partial charge in [0.1, 0.15) is 11.4 Å². The molecule has 1 aliphatic heterocycles. The average Bonchev–Trinajstić information content (AvgIpc) is 3.47. The number of benzene rings is 2. The number of hydrogen-bond donors (Lipinski definition) is 1. The van der Waals surface area contributed by atoms with Crippen molar-refractivity contribution in [3.63, 3.8) is 0 Å². The zero-order chi connectivity index (χ0) is 20.8. The van der Waals surface area contributed by atoms with Crippen LogP contribution < -0.4 is 4.90 Å². The minimum Gasteiger partial charge on any atom is -0.503 e. The third-order valence-electron chi connectivity index (χ3n) is 4.91. The lowest BCUT2D eigenvalue weighted by molar-refractivity contribution is -0.117. The number of hydrogen-bond acceptors (Lipinski definition) is 6. The van der Waals surface area contributed by atoms with Gasteiger partial charge >= 0.3 is 0 Å². The minimum atomic E-state index is -0.968. The normalized spacial score (nSPS) is 16.6. The van der Waals surface area contributed by atoms with Crippen LogP contribution in [-0.4, -0.2) is 21.8 Å². The first-order valence-corrected chi connectivity index (χ1v) is 9.87. The summed E-state index contributed by atoms with van der Waals surface area (Å²) in [6, 6.07) is 13.1. The van der Waals surface area contributed by atoms with E-state index in [4.69, 9.17) is 4.42 Å². The van der Waals surface area contributed by atoms with E-state index in [0.717, 1.165) is 5.39 Å². The van der Waals surface area contributed by atoms with Gasteiger partial charge in [0.05, 0.1) is 11.6 Å². The molecule has 2 aromatic carbocycles. The molecule has 8 heteroatoms. The number of nitrogens with zero attached hydrogens (tertiary/aromatic N) is 2. The van der Waals surface area contributed by atoms with Crippen LogP contribution in [0.15, 0.2) is 81.9 Å². The molecule has 4 aromatic rings. The lowest BCUT2D eigenvalue weighted by Gasteiger charge is -2.24. The Balaban J connectivity index is 1.66. The number of anilines is 1. The molecular weight excluding hydrogens is 407 g/mol. The number of para-hydroxylation sites is 1. The first-order valence-electron chi connectivity index (χ1n) is 8.99. The highest BCUT2D eigenvalue weighted by Crippen LogP contribution is 2.42. The highest BCUT2D eigenvalue weighted by Gasteiger charge is 2.46. The molecule has 0 aliphatic carbocycles. The standard InChI is InChI=1S/C22H13FN2O4S/c23-14-7-5-12(6-8-14)18-17(20(27)21(28)25(18)22-24-9-10-30-22)19(26)16-11-13-3-1-2-4-15(13)29-16/h1-11,18,27H/t18-/m0/s1. The van der Waals surface area contributed by atoms with Gasteiger partial charge in [0.2, 0.25) is 5.78 Å². The Morgan fingerprint density at radius 1 is 1.17 bits per heavy atom. The van der Waals surface area contributed by atoms with E-state index >= 15 is 0 Å². The van der Waals surface area contributed by atoms with Crippen LogP contribution >= 0.6 is 11.3 Å². The molecule has 30 heavy (non-hydrogen) atoms. The summed E-state index contributed by atoms with van der Waals surface area (Å²) in [7, 11) is 0. The lowest BCUT2D eigenvalue weighted by Crippen LogP contribution is -2.30. The van der Waals surface area contributed by atoms with E-state index in [9.17, 15) is 19.1 Å². The van der Waals surface area contributed by atoms with Crippen LogP contribution in [0.25, 0.3) is 11.0 Å². The van der Waals surface area contributed by atoms with Crippen LogP contribution in [0.2, 0.25) is 0 Å². The molecule has 0 unspecified atom stereocenters. The Bertz CT molecular complexity index is 1280. The second-order valence-corrected chi connectivity index (χ2v) is 7.56. The van der Waals surface area contributed by atoms with Crippen LogP contribution in [0.5, 0.6) is 0 Å². The highest BCUT2D eigenvalue weighted by molar-refractivity contribution is 7.13. The summed E-state index contributed by atoms with van der Waals surface area (Å²) < 4.78 is 19.2. The van der Waals surface area contributed by atoms with Gasteiger partial charge in [0.25, 0.3) is 5.91 Å². The number of carbonyl (C=O) groups is 2. The Hall–Kier alpha value is -3.78. The quantitative estimate of drug-likeness (QED) is 0.479. The number of halogens is 1. The van der Waals surface area contributed by atoms with E-state index in [-0.39, 0.29) is 11.3 Å². The molecule has 0 bridgehead atoms. The molecule has 2 aromatic heterocycles. The van der Waals surface area contributed by atoms with Crippen molar-refractivity contribution in [3.05, 3.63) is 94.6 Å². The van der Waals surface area contributed by atoms with Crippen molar-refractivity contribution in [1.82, 2.24) is 4.98 Å². The zero-order valence-electron chi connectivity index (χ0n) is 15.3. The number of thiazole rings is 1. The van der Waals surface area contributed by atoms with Gasteiger partial charge in [-0.2, -0.15) is 0 Å². The number of aliphatic hydroxyl groups excluding tert-OH is 1. The number of fused-ring (bicyclic) bond motifs is 1. The molecular formula is C22H13FN2O4S. The molecule has 0 fully saturated rings. The zero-order valence-corrected chi connectivity index (χ0v) is 16.1. The van der Waals surface area contributed by atoms with E-state index in [2.05, 4.69) is 4.98 Å². The summed E-state index contributed by atoms with van der Waals surface area (Å²) in [5.41, 5.74) is 0.838. The predicted octanol–water partition coefficient (Wildman–Crippen LogP) is 4.81. The molecule has 1 atom stereocenters. The van der Waals surface area contributed by atoms with Crippen molar-refractivity contribution < 1.29 is 23.5 Å². The number of carbonyl (C=O) groups excluding carboxylic acids is 2. The van der Waals surface area contributed by atoms with Crippen molar-refractivity contribution in [1.29, 1.82) is 0 Å². The van der Waals surface area contributed by atoms with Crippen LogP contribution in [0.1, 0.15) is 22.2 Å². The third-order valence-corrected chi connectivity index (χ3v) is 5.68. The third kappa shape index (κ3) is 2.81. The van der Waals surface area contributed by atoms with E-state index in [1.165, 1.54) is 46.7 Å². The number of ketones is 1. The highest BCUT2D eigenvalue weighted by atomic mass is 32.1. The van der Waals surface area contributed by atoms with Crippen molar-refractivity contribution >= 4 is 39.1 Å². The van der Waals surface area contributed by atoms with Gasteiger partial charge in [-0.15, -0.1) is 11.3 Å². The molecule has 0 saturated carbocycles. The fraction of sp³-hybridized carbons (Fsp3) is 0.0455. The lowest BCUT2D eigenvalue weighted by atomic mass is 9.95. The molecule has 3 heterocycles. The fourth-order valence-corrected chi connectivity index (χ4v) is 4.22. The smallest absolute Gasteiger partial charge is 0.296 e. The monoisotopic (exact) mass is 420 g/mol. The molecule has 148 valence electrons. The molecule has 0 radical (unpaired) electrons. The predicted molar refractivity (Wildman–Crippen MR) is 109 cm³/mol. The van der Waals surface area contributed by atoms with E-state index in [1.807, 2.05) is 6.07 Å². The Morgan fingerprint density at radius 2 is 1.93 bits per heavy atom. The second kappa shape index (κ2) is 6.93. The topological polar surface area (TPSA) is 83.6 Å². The van der Waals surface area contributed by atoms with Crippen molar-refractivity contribution in [2.75, 3.05) is 4.90 Å². The van der Waals surface area contributed by atoms with Crippen molar-refractivity contribution in [2.45, 2.75) is 6.04 Å². The van der Waals surface area contributed by atoms with Gasteiger partial charge in [0, 0.05) is 17.0 Å². The van der Waals surface area contributed by atoms with Crippen LogP contribution in [0, 0.1) is 5.82 Å². The summed E-state index contributed by atoms with van der Waals surface area (Å²) in [5.74, 6) is -2.50. The minimum absolute atomic E-state index is 0.00125. The van der Waals surface area contributed by atoms with Crippen LogP contribution in [0.3, 0.4) is 0 Å². The van der Waals surface area contributed by atoms with Crippen molar-refractivity contribution in [3.8, 4) is 0 Å². The number of Topliss-reactive ketones (excluding diaryl/α,β-unsaturated/α-hetero) is 1. The number of rotatable bonds is 4. The maximum absolute atomic E-state index is 13.5. The first kappa shape index (κ1) is 18.3. The maximum Gasteiger partial charge on any atom is 0.296 e. The Labute approximate surface area is 173 Å². The Morgan fingerprint density at radius 3 is 2.63 bits per heavy atom. The summed E-state index contributed by atoms with van der Waals surface area (Å²) >= 11 is 1.19. The number of amides is 1. The largest absolute Gasteiger partial charge is 0.503 e. The molecule has 1 aliphatic rings. The van der Waals surface area contributed by atoms with Crippen molar-refractivity contribution in [2.24, 2.45) is 0 Å². The number of aromatic nitrogens is 1.